The molecule has 0 saturated carbocycles. The zero-order chi connectivity index (χ0) is 17.1. The Bertz CT molecular complexity index is 1240. The predicted octanol–water partition coefficient (Wildman–Crippen LogP) is 3.54. The minimum absolute atomic E-state index is 0.0871. The van der Waals surface area contributed by atoms with Gasteiger partial charge in [-0.1, -0.05) is 12.1 Å². The van der Waals surface area contributed by atoms with Gasteiger partial charge >= 0.3 is 0 Å². The van der Waals surface area contributed by atoms with Crippen LogP contribution in [-0.2, 0) is 0 Å². The highest BCUT2D eigenvalue weighted by molar-refractivity contribution is 6.12. The van der Waals surface area contributed by atoms with Gasteiger partial charge in [0, 0.05) is 11.5 Å². The number of phenolic OH excluding ortho intramolecular Hbond substituents is 1. The minimum atomic E-state index is -0.218. The number of ether oxygens (including phenoxy) is 3. The molecule has 0 bridgehead atoms. The average Bonchev–Trinajstić information content (AvgIpc) is 3.10. The van der Waals surface area contributed by atoms with Gasteiger partial charge in [0.1, 0.15) is 11.2 Å². The molecule has 3 aromatic carbocycles. The number of aromatic hydroxyl groups is 1. The lowest BCUT2D eigenvalue weighted by Crippen LogP contribution is -2.04. The van der Waals surface area contributed by atoms with Crippen LogP contribution < -0.4 is 19.6 Å². The van der Waals surface area contributed by atoms with Crippen molar-refractivity contribution in [2.75, 3.05) is 13.9 Å². The van der Waals surface area contributed by atoms with E-state index in [1.165, 1.54) is 19.2 Å². The van der Waals surface area contributed by atoms with Crippen LogP contribution in [0.3, 0.4) is 0 Å². The van der Waals surface area contributed by atoms with Gasteiger partial charge in [-0.3, -0.25) is 4.79 Å². The molecule has 0 saturated heterocycles. The van der Waals surface area contributed by atoms with Crippen molar-refractivity contribution < 1.29 is 23.7 Å². The average molecular weight is 336 g/mol. The van der Waals surface area contributed by atoms with Crippen LogP contribution in [0.4, 0.5) is 0 Å². The smallest absolute Gasteiger partial charge is 0.231 e. The highest BCUT2D eigenvalue weighted by Gasteiger charge is 2.22. The molecular weight excluding hydrogens is 324 g/mol. The van der Waals surface area contributed by atoms with Crippen molar-refractivity contribution in [2.45, 2.75) is 0 Å². The van der Waals surface area contributed by atoms with Gasteiger partial charge < -0.3 is 23.7 Å². The van der Waals surface area contributed by atoms with E-state index in [0.717, 1.165) is 5.39 Å². The van der Waals surface area contributed by atoms with Gasteiger partial charge in [0.2, 0.25) is 12.2 Å². The van der Waals surface area contributed by atoms with Crippen LogP contribution in [-0.4, -0.2) is 19.0 Å². The molecule has 0 fully saturated rings. The summed E-state index contributed by atoms with van der Waals surface area (Å²) in [7, 11) is 1.43. The largest absolute Gasteiger partial charge is 0.504 e. The first-order valence-corrected chi connectivity index (χ1v) is 7.66. The molecule has 0 unspecified atom stereocenters. The Labute approximate surface area is 140 Å². The van der Waals surface area contributed by atoms with E-state index in [1.54, 1.807) is 6.07 Å². The fraction of sp³-hybridized carbons (Fsp3) is 0.105. The lowest BCUT2D eigenvalue weighted by atomic mass is 10.0. The fourth-order valence-electron chi connectivity index (χ4n) is 3.29. The molecule has 6 nitrogen and oxygen atoms in total. The van der Waals surface area contributed by atoms with Crippen LogP contribution in [0, 0.1) is 0 Å². The zero-order valence-corrected chi connectivity index (χ0v) is 13.2. The molecule has 124 valence electrons. The number of hydrogen-bond acceptors (Lipinski definition) is 6. The Morgan fingerprint density at radius 1 is 1.04 bits per heavy atom. The Kier molecular flexibility index (Phi) is 2.68. The van der Waals surface area contributed by atoms with Gasteiger partial charge in [-0.15, -0.1) is 0 Å². The summed E-state index contributed by atoms with van der Waals surface area (Å²) in [4.78, 5) is 13.2. The number of methoxy groups -OCH3 is 1. The first kappa shape index (κ1) is 14.0. The molecule has 4 aromatic rings. The maximum Gasteiger partial charge on any atom is 0.231 e. The zero-order valence-electron chi connectivity index (χ0n) is 13.2. The van der Waals surface area contributed by atoms with E-state index in [9.17, 15) is 9.90 Å². The van der Waals surface area contributed by atoms with E-state index in [0.29, 0.717) is 38.8 Å². The summed E-state index contributed by atoms with van der Waals surface area (Å²) >= 11 is 0. The molecule has 0 spiro atoms. The summed E-state index contributed by atoms with van der Waals surface area (Å²) in [5.41, 5.74) is 0.488. The molecule has 1 aliphatic rings. The van der Waals surface area contributed by atoms with Crippen molar-refractivity contribution in [1.82, 2.24) is 0 Å². The van der Waals surface area contributed by atoms with E-state index < -0.39 is 0 Å². The summed E-state index contributed by atoms with van der Waals surface area (Å²) in [5.74, 6) is 1.27. The summed E-state index contributed by atoms with van der Waals surface area (Å²) in [6, 6.07) is 10.2. The Hall–Kier alpha value is -3.41. The van der Waals surface area contributed by atoms with Crippen LogP contribution in [0.15, 0.2) is 45.6 Å². The van der Waals surface area contributed by atoms with Gasteiger partial charge in [0.05, 0.1) is 17.9 Å². The maximum atomic E-state index is 13.2. The molecule has 25 heavy (non-hydrogen) atoms. The van der Waals surface area contributed by atoms with E-state index in [1.807, 2.05) is 18.2 Å². The van der Waals surface area contributed by atoms with Crippen LogP contribution in [0.5, 0.6) is 23.0 Å². The first-order valence-electron chi connectivity index (χ1n) is 7.66. The van der Waals surface area contributed by atoms with Crippen molar-refractivity contribution in [3.05, 3.63) is 46.6 Å². The van der Waals surface area contributed by atoms with Crippen molar-refractivity contribution in [3.8, 4) is 23.0 Å². The second-order valence-corrected chi connectivity index (χ2v) is 5.79. The molecule has 0 aliphatic carbocycles. The third-order valence-electron chi connectivity index (χ3n) is 4.45. The van der Waals surface area contributed by atoms with Gasteiger partial charge in [-0.25, -0.2) is 0 Å². The number of fused-ring (bicyclic) bond motifs is 6. The van der Waals surface area contributed by atoms with Crippen molar-refractivity contribution in [1.29, 1.82) is 0 Å². The second kappa shape index (κ2) is 4.80. The molecular formula is C19H12O6. The minimum Gasteiger partial charge on any atom is -0.504 e. The van der Waals surface area contributed by atoms with E-state index in [4.69, 9.17) is 18.6 Å². The highest BCUT2D eigenvalue weighted by atomic mass is 16.7. The van der Waals surface area contributed by atoms with E-state index in [2.05, 4.69) is 0 Å². The Morgan fingerprint density at radius 3 is 2.72 bits per heavy atom. The van der Waals surface area contributed by atoms with Crippen LogP contribution in [0.2, 0.25) is 0 Å². The Balaban J connectivity index is 2.02. The molecule has 0 radical (unpaired) electrons. The van der Waals surface area contributed by atoms with Crippen molar-refractivity contribution >= 4 is 32.7 Å². The molecule has 5 rings (SSSR count). The number of rotatable bonds is 1. The molecule has 6 heteroatoms. The van der Waals surface area contributed by atoms with Crippen molar-refractivity contribution in [2.24, 2.45) is 0 Å². The summed E-state index contributed by atoms with van der Waals surface area (Å²) < 4.78 is 22.0. The van der Waals surface area contributed by atoms with Gasteiger partial charge in [-0.2, -0.15) is 0 Å². The standard InChI is InChI=1S/C19H12O6/c1-22-15-6-10-14(7-11(15)20)25-12-4-2-9-3-5-13-19(24-8-23-13)16(9)17(12)18(10)21/h2-7,20H,8H2,1H3. The molecule has 0 amide bonds. The third-order valence-corrected chi connectivity index (χ3v) is 4.45. The third kappa shape index (κ3) is 1.82. The second-order valence-electron chi connectivity index (χ2n) is 5.79. The summed E-state index contributed by atoms with van der Waals surface area (Å²) in [6.07, 6.45) is 0. The first-order chi connectivity index (χ1) is 12.2. The molecule has 1 N–H and O–H groups in total. The number of benzene rings is 3. The fourth-order valence-corrected chi connectivity index (χ4v) is 3.29. The molecule has 1 aromatic heterocycles. The van der Waals surface area contributed by atoms with Crippen molar-refractivity contribution in [3.63, 3.8) is 0 Å². The lowest BCUT2D eigenvalue weighted by molar-refractivity contribution is 0.175. The highest BCUT2D eigenvalue weighted by Crippen LogP contribution is 2.42. The van der Waals surface area contributed by atoms with Gasteiger partial charge in [0.15, 0.2) is 23.0 Å². The van der Waals surface area contributed by atoms with Gasteiger partial charge in [0.25, 0.3) is 0 Å². The Morgan fingerprint density at radius 2 is 1.88 bits per heavy atom. The molecule has 1 aliphatic heterocycles. The predicted molar refractivity (Wildman–Crippen MR) is 91.8 cm³/mol. The van der Waals surface area contributed by atoms with Crippen LogP contribution in [0.1, 0.15) is 0 Å². The normalized spacial score (nSPS) is 13.0. The van der Waals surface area contributed by atoms with E-state index >= 15 is 0 Å². The quantitative estimate of drug-likeness (QED) is 0.423. The van der Waals surface area contributed by atoms with Crippen LogP contribution >= 0.6 is 0 Å². The number of hydrogen-bond donors (Lipinski definition) is 1. The van der Waals surface area contributed by atoms with Crippen LogP contribution in [0.25, 0.3) is 32.7 Å². The SMILES string of the molecule is COc1cc2c(=O)c3c(ccc4ccc5c(c43)OCO5)oc2cc1O. The monoisotopic (exact) mass is 336 g/mol. The lowest BCUT2D eigenvalue weighted by Gasteiger charge is -2.09. The maximum absolute atomic E-state index is 13.2. The topological polar surface area (TPSA) is 78.1 Å². The molecule has 0 atom stereocenters. The summed E-state index contributed by atoms with van der Waals surface area (Å²) in [5, 5.41) is 12.2. The van der Waals surface area contributed by atoms with Gasteiger partial charge in [-0.05, 0) is 23.6 Å². The van der Waals surface area contributed by atoms with E-state index in [-0.39, 0.29) is 23.7 Å². The summed E-state index contributed by atoms with van der Waals surface area (Å²) in [6.45, 7) is 0.117. The molecule has 2 heterocycles. The number of phenols is 1.